The number of nitrogens with one attached hydrogen (secondary N) is 2. The van der Waals surface area contributed by atoms with Crippen molar-refractivity contribution in [1.82, 2.24) is 10.0 Å². The number of sulfonamides is 1. The van der Waals surface area contributed by atoms with Crippen molar-refractivity contribution in [3.8, 4) is 0 Å². The van der Waals surface area contributed by atoms with E-state index in [1.54, 1.807) is 26.2 Å². The second-order valence-corrected chi connectivity index (χ2v) is 8.60. The number of hydrogen-bond acceptors (Lipinski definition) is 4. The predicted octanol–water partition coefficient (Wildman–Crippen LogP) is 2.76. The summed E-state index contributed by atoms with van der Waals surface area (Å²) < 4.78 is 33.3. The van der Waals surface area contributed by atoms with E-state index in [1.165, 1.54) is 12.5 Å². The van der Waals surface area contributed by atoms with Crippen LogP contribution in [-0.4, -0.2) is 40.6 Å². The first-order valence-corrected chi connectivity index (χ1v) is 10.8. The highest BCUT2D eigenvalue weighted by Crippen LogP contribution is 2.21. The Kier molecular flexibility index (Phi) is 8.06. The number of benzene rings is 1. The van der Waals surface area contributed by atoms with E-state index in [2.05, 4.69) is 10.0 Å². The van der Waals surface area contributed by atoms with Gasteiger partial charge in [0.1, 0.15) is 0 Å². The lowest BCUT2D eigenvalue weighted by Crippen LogP contribution is -2.35. The van der Waals surface area contributed by atoms with Gasteiger partial charge in [-0.1, -0.05) is 38.2 Å². The molecule has 146 valence electrons. The first-order valence-electron chi connectivity index (χ1n) is 9.34. The number of amides is 1. The summed E-state index contributed by atoms with van der Waals surface area (Å²) in [5, 5.41) is 2.74. The van der Waals surface area contributed by atoms with E-state index in [9.17, 15) is 13.2 Å². The maximum Gasteiger partial charge on any atom is 0.251 e. The lowest BCUT2D eigenvalue weighted by molar-refractivity contribution is 0.0936. The van der Waals surface area contributed by atoms with Gasteiger partial charge in [-0.25, -0.2) is 13.1 Å². The predicted molar refractivity (Wildman–Crippen MR) is 102 cm³/mol. The van der Waals surface area contributed by atoms with Gasteiger partial charge in [-0.15, -0.1) is 0 Å². The molecule has 1 amide bonds. The van der Waals surface area contributed by atoms with E-state index >= 15 is 0 Å². The van der Waals surface area contributed by atoms with Gasteiger partial charge < -0.3 is 10.1 Å². The summed E-state index contributed by atoms with van der Waals surface area (Å²) in [6, 6.07) is 4.67. The Morgan fingerprint density at radius 1 is 1.15 bits per heavy atom. The number of carbonyl (C=O) groups is 1. The Bertz CT molecular complexity index is 695. The van der Waals surface area contributed by atoms with E-state index in [0.717, 1.165) is 44.1 Å². The molecule has 6 nitrogen and oxygen atoms in total. The average Bonchev–Trinajstić information content (AvgIpc) is 2.57. The molecule has 1 aliphatic carbocycles. The minimum Gasteiger partial charge on any atom is -0.383 e. The summed E-state index contributed by atoms with van der Waals surface area (Å²) in [5.74, 6) is -0.289. The molecule has 0 saturated heterocycles. The van der Waals surface area contributed by atoms with Gasteiger partial charge in [0.05, 0.1) is 11.5 Å². The van der Waals surface area contributed by atoms with Gasteiger partial charge in [0.15, 0.2) is 0 Å². The molecular formula is C19H30N2O4S. The second-order valence-electron chi connectivity index (χ2n) is 6.89. The van der Waals surface area contributed by atoms with Gasteiger partial charge in [-0.2, -0.15) is 0 Å². The molecule has 0 aliphatic heterocycles. The summed E-state index contributed by atoms with van der Waals surface area (Å²) >= 11 is 0. The smallest absolute Gasteiger partial charge is 0.251 e. The molecule has 0 radical (unpaired) electrons. The molecule has 0 bridgehead atoms. The van der Waals surface area contributed by atoms with Crippen LogP contribution in [0.1, 0.15) is 60.9 Å². The van der Waals surface area contributed by atoms with E-state index in [4.69, 9.17) is 4.74 Å². The topological polar surface area (TPSA) is 84.5 Å². The van der Waals surface area contributed by atoms with Crippen molar-refractivity contribution in [2.45, 2.75) is 62.8 Å². The van der Waals surface area contributed by atoms with Crippen LogP contribution in [0.4, 0.5) is 0 Å². The van der Waals surface area contributed by atoms with E-state index < -0.39 is 10.0 Å². The molecule has 1 aliphatic rings. The normalized spacial score (nSPS) is 16.7. The van der Waals surface area contributed by atoms with Crippen LogP contribution in [0.25, 0.3) is 0 Å². The van der Waals surface area contributed by atoms with Crippen molar-refractivity contribution in [3.05, 3.63) is 29.3 Å². The minimum atomic E-state index is -3.64. The Labute approximate surface area is 156 Å². The molecule has 1 aromatic carbocycles. The zero-order valence-corrected chi connectivity index (χ0v) is 16.5. The third-order valence-electron chi connectivity index (χ3n) is 4.78. The number of carbonyl (C=O) groups excluding carboxylic acids is 1. The molecule has 0 unspecified atom stereocenters. The monoisotopic (exact) mass is 382 g/mol. The number of methoxy groups -OCH3 is 1. The SMILES string of the molecule is COCCNC(=O)c1cc(S(=O)(=O)NC2CCCCCCC2)ccc1C. The van der Waals surface area contributed by atoms with Crippen LogP contribution < -0.4 is 10.0 Å². The number of rotatable bonds is 7. The Morgan fingerprint density at radius 2 is 1.81 bits per heavy atom. The highest BCUT2D eigenvalue weighted by molar-refractivity contribution is 7.89. The van der Waals surface area contributed by atoms with Crippen LogP contribution in [0.5, 0.6) is 0 Å². The van der Waals surface area contributed by atoms with Gasteiger partial charge in [-0.05, 0) is 37.5 Å². The summed E-state index contributed by atoms with van der Waals surface area (Å²) in [4.78, 5) is 12.5. The minimum absolute atomic E-state index is 0.0272. The van der Waals surface area contributed by atoms with E-state index in [0.29, 0.717) is 18.7 Å². The van der Waals surface area contributed by atoms with Gasteiger partial charge in [-0.3, -0.25) is 4.79 Å². The van der Waals surface area contributed by atoms with Crippen molar-refractivity contribution in [1.29, 1.82) is 0 Å². The molecule has 0 spiro atoms. The van der Waals surface area contributed by atoms with Crippen LogP contribution in [0.3, 0.4) is 0 Å². The molecule has 26 heavy (non-hydrogen) atoms. The molecule has 2 rings (SSSR count). The molecule has 0 aromatic heterocycles. The summed E-state index contributed by atoms with van der Waals surface area (Å²) in [5.41, 5.74) is 1.12. The molecule has 2 N–H and O–H groups in total. The molecule has 0 atom stereocenters. The Morgan fingerprint density at radius 3 is 2.46 bits per heavy atom. The molecule has 0 heterocycles. The standard InChI is InChI=1S/C19H30N2O4S/c1-15-10-11-17(14-18(15)19(22)20-12-13-25-2)26(23,24)21-16-8-6-4-3-5-7-9-16/h10-11,14,16,21H,3-9,12-13H2,1-2H3,(H,20,22). The largest absolute Gasteiger partial charge is 0.383 e. The first kappa shape index (κ1) is 20.9. The fourth-order valence-electron chi connectivity index (χ4n) is 3.24. The van der Waals surface area contributed by atoms with E-state index in [1.807, 2.05) is 0 Å². The van der Waals surface area contributed by atoms with Crippen LogP contribution in [0.15, 0.2) is 23.1 Å². The van der Waals surface area contributed by atoms with Gasteiger partial charge in [0.2, 0.25) is 10.0 Å². The van der Waals surface area contributed by atoms with Gasteiger partial charge in [0.25, 0.3) is 5.91 Å². The lowest BCUT2D eigenvalue weighted by atomic mass is 9.97. The van der Waals surface area contributed by atoms with Gasteiger partial charge in [0, 0.05) is 25.3 Å². The summed E-state index contributed by atoms with van der Waals surface area (Å²) in [6.45, 7) is 2.59. The average molecular weight is 383 g/mol. The van der Waals surface area contributed by atoms with Crippen molar-refractivity contribution < 1.29 is 17.9 Å². The maximum absolute atomic E-state index is 12.8. The Hall–Kier alpha value is -1.44. The molecule has 1 aromatic rings. The summed E-state index contributed by atoms with van der Waals surface area (Å²) in [6.07, 6.45) is 7.40. The number of hydrogen-bond donors (Lipinski definition) is 2. The molecular weight excluding hydrogens is 352 g/mol. The number of ether oxygens (including phenoxy) is 1. The highest BCUT2D eigenvalue weighted by atomic mass is 32.2. The van der Waals surface area contributed by atoms with Crippen molar-refractivity contribution in [2.75, 3.05) is 20.3 Å². The zero-order chi connectivity index (χ0) is 19.0. The van der Waals surface area contributed by atoms with Crippen molar-refractivity contribution in [3.63, 3.8) is 0 Å². The summed E-state index contributed by atoms with van der Waals surface area (Å²) in [7, 11) is -2.08. The highest BCUT2D eigenvalue weighted by Gasteiger charge is 2.22. The third-order valence-corrected chi connectivity index (χ3v) is 6.30. The van der Waals surface area contributed by atoms with Gasteiger partial charge >= 0.3 is 0 Å². The third kappa shape index (κ3) is 6.07. The molecule has 1 saturated carbocycles. The van der Waals surface area contributed by atoms with Crippen molar-refractivity contribution >= 4 is 15.9 Å². The van der Waals surface area contributed by atoms with Crippen LogP contribution in [-0.2, 0) is 14.8 Å². The maximum atomic E-state index is 12.8. The fraction of sp³-hybridized carbons (Fsp3) is 0.632. The van der Waals surface area contributed by atoms with Crippen LogP contribution >= 0.6 is 0 Å². The molecule has 1 fully saturated rings. The second kappa shape index (κ2) is 10.0. The number of aryl methyl sites for hydroxylation is 1. The fourth-order valence-corrected chi connectivity index (χ4v) is 4.57. The van der Waals surface area contributed by atoms with E-state index in [-0.39, 0.29) is 16.8 Å². The zero-order valence-electron chi connectivity index (χ0n) is 15.7. The first-order chi connectivity index (χ1) is 12.4. The molecule has 7 heteroatoms. The quantitative estimate of drug-likeness (QED) is 0.710. The lowest BCUT2D eigenvalue weighted by Gasteiger charge is -2.21. The van der Waals surface area contributed by atoms with Crippen molar-refractivity contribution in [2.24, 2.45) is 0 Å². The Balaban J connectivity index is 2.12. The van der Waals surface area contributed by atoms with Crippen LogP contribution in [0, 0.1) is 6.92 Å². The van der Waals surface area contributed by atoms with Crippen LogP contribution in [0.2, 0.25) is 0 Å².